The number of aryl methyl sites for hydroxylation is 1. The quantitative estimate of drug-likeness (QED) is 0.756. The third-order valence-corrected chi connectivity index (χ3v) is 3.91. The van der Waals surface area contributed by atoms with Crippen molar-refractivity contribution in [1.82, 2.24) is 10.3 Å². The summed E-state index contributed by atoms with van der Waals surface area (Å²) in [5, 5.41) is 12.0. The van der Waals surface area contributed by atoms with Gasteiger partial charge in [0.25, 0.3) is 0 Å². The van der Waals surface area contributed by atoms with Gasteiger partial charge in [0.15, 0.2) is 0 Å². The van der Waals surface area contributed by atoms with E-state index >= 15 is 0 Å². The number of amides is 1. The number of carbonyl (C=O) groups is 1. The Morgan fingerprint density at radius 1 is 1.33 bits per heavy atom. The monoisotopic (exact) mass is 298 g/mol. The Morgan fingerprint density at radius 3 is 2.62 bits per heavy atom. The second-order valence-electron chi connectivity index (χ2n) is 5.31. The Kier molecular flexibility index (Phi) is 2.81. The fourth-order valence-electron chi connectivity index (χ4n) is 2.90. The molecule has 3 N–H and O–H groups in total. The molecule has 1 aromatic carbocycles. The molecule has 1 aliphatic heterocycles. The highest BCUT2D eigenvalue weighted by Crippen LogP contribution is 2.43. The number of rotatable bonds is 1. The van der Waals surface area contributed by atoms with Gasteiger partial charge in [0, 0.05) is 23.0 Å². The van der Waals surface area contributed by atoms with Gasteiger partial charge in [0.05, 0.1) is 5.92 Å². The molecule has 0 bridgehead atoms. The molecule has 3 rings (SSSR count). The molecular weight excluding hydrogens is 285 g/mol. The Balaban J connectivity index is 2.08. The van der Waals surface area contributed by atoms with E-state index in [1.807, 2.05) is 0 Å². The van der Waals surface area contributed by atoms with Crippen molar-refractivity contribution in [3.05, 3.63) is 35.5 Å². The largest absolute Gasteiger partial charge is 0.436 e. The molecular formula is C14H13F3N2O2. The van der Waals surface area contributed by atoms with Crippen molar-refractivity contribution in [1.29, 1.82) is 0 Å². The highest BCUT2D eigenvalue weighted by atomic mass is 19.4. The number of alkyl halides is 3. The first-order chi connectivity index (χ1) is 9.73. The van der Waals surface area contributed by atoms with Crippen molar-refractivity contribution in [2.75, 3.05) is 0 Å². The summed E-state index contributed by atoms with van der Waals surface area (Å²) in [6.45, 7) is 1.70. The van der Waals surface area contributed by atoms with Crippen LogP contribution < -0.4 is 5.32 Å². The molecule has 0 saturated carbocycles. The third-order valence-electron chi connectivity index (χ3n) is 3.91. The van der Waals surface area contributed by atoms with E-state index in [1.54, 1.807) is 36.5 Å². The number of nitrogens with one attached hydrogen (secondary N) is 2. The fraction of sp³-hybridized carbons (Fsp3) is 0.357. The molecule has 0 aliphatic carbocycles. The molecule has 1 aromatic heterocycles. The smallest absolute Gasteiger partial charge is 0.363 e. The number of benzene rings is 1. The lowest BCUT2D eigenvalue weighted by Gasteiger charge is -2.25. The van der Waals surface area contributed by atoms with Crippen molar-refractivity contribution in [2.24, 2.45) is 0 Å². The summed E-state index contributed by atoms with van der Waals surface area (Å²) < 4.78 is 38.6. The number of H-pyrrole nitrogens is 1. The SMILES string of the molecule is Cc1[nH]c2ccccc2c1[C@H]1C[C@@](O)(C(F)(F)F)NC1=O. The summed E-state index contributed by atoms with van der Waals surface area (Å²) in [5.41, 5.74) is -1.29. The van der Waals surface area contributed by atoms with Gasteiger partial charge in [0.1, 0.15) is 0 Å². The minimum atomic E-state index is -4.91. The summed E-state index contributed by atoms with van der Waals surface area (Å²) in [6, 6.07) is 7.08. The van der Waals surface area contributed by atoms with Crippen LogP contribution in [0.5, 0.6) is 0 Å². The zero-order valence-electron chi connectivity index (χ0n) is 11.1. The van der Waals surface area contributed by atoms with E-state index in [2.05, 4.69) is 4.98 Å². The fourth-order valence-corrected chi connectivity index (χ4v) is 2.90. The van der Waals surface area contributed by atoms with Gasteiger partial charge in [0.2, 0.25) is 11.6 Å². The molecule has 0 radical (unpaired) electrons. The molecule has 7 heteroatoms. The van der Waals surface area contributed by atoms with Gasteiger partial charge in [-0.15, -0.1) is 0 Å². The first kappa shape index (κ1) is 13.9. The van der Waals surface area contributed by atoms with Crippen LogP contribution in [0.25, 0.3) is 10.9 Å². The van der Waals surface area contributed by atoms with Gasteiger partial charge in [-0.2, -0.15) is 13.2 Å². The molecule has 21 heavy (non-hydrogen) atoms. The number of aromatic nitrogens is 1. The van der Waals surface area contributed by atoms with E-state index in [4.69, 9.17) is 0 Å². The lowest BCUT2D eigenvalue weighted by Crippen LogP contribution is -2.53. The molecule has 1 amide bonds. The van der Waals surface area contributed by atoms with Gasteiger partial charge >= 0.3 is 6.18 Å². The summed E-state index contributed by atoms with van der Waals surface area (Å²) in [6.07, 6.45) is -5.63. The van der Waals surface area contributed by atoms with Crippen LogP contribution in [0.2, 0.25) is 0 Å². The molecule has 1 aliphatic rings. The molecule has 1 fully saturated rings. The molecule has 2 aromatic rings. The highest BCUT2D eigenvalue weighted by Gasteiger charge is 2.61. The van der Waals surface area contributed by atoms with Crippen molar-refractivity contribution in [3.63, 3.8) is 0 Å². The summed E-state index contributed by atoms with van der Waals surface area (Å²) >= 11 is 0. The topological polar surface area (TPSA) is 65.1 Å². The lowest BCUT2D eigenvalue weighted by atomic mass is 9.92. The molecule has 0 unspecified atom stereocenters. The second-order valence-corrected chi connectivity index (χ2v) is 5.31. The Bertz CT molecular complexity index is 723. The lowest BCUT2D eigenvalue weighted by molar-refractivity contribution is -0.266. The molecule has 0 spiro atoms. The number of carbonyl (C=O) groups excluding carboxylic acids is 1. The number of para-hydroxylation sites is 1. The number of aromatic amines is 1. The summed E-state index contributed by atoms with van der Waals surface area (Å²) in [7, 11) is 0. The Morgan fingerprint density at radius 2 is 2.00 bits per heavy atom. The summed E-state index contributed by atoms with van der Waals surface area (Å²) in [4.78, 5) is 15.0. The number of hydrogen-bond donors (Lipinski definition) is 3. The minimum Gasteiger partial charge on any atom is -0.363 e. The van der Waals surface area contributed by atoms with Crippen LogP contribution in [-0.2, 0) is 4.79 Å². The van der Waals surface area contributed by atoms with Crippen molar-refractivity contribution in [3.8, 4) is 0 Å². The van der Waals surface area contributed by atoms with E-state index in [1.165, 1.54) is 0 Å². The van der Waals surface area contributed by atoms with Crippen molar-refractivity contribution < 1.29 is 23.1 Å². The number of halogens is 3. The molecule has 112 valence electrons. The average Bonchev–Trinajstić information content (AvgIpc) is 2.85. The molecule has 4 nitrogen and oxygen atoms in total. The van der Waals surface area contributed by atoms with Crippen LogP contribution in [0.3, 0.4) is 0 Å². The predicted octanol–water partition coefficient (Wildman–Crippen LogP) is 2.33. The average molecular weight is 298 g/mol. The molecule has 2 atom stereocenters. The maximum atomic E-state index is 12.9. The first-order valence-corrected chi connectivity index (χ1v) is 6.41. The predicted molar refractivity (Wildman–Crippen MR) is 69.5 cm³/mol. The van der Waals surface area contributed by atoms with Crippen molar-refractivity contribution >= 4 is 16.8 Å². The van der Waals surface area contributed by atoms with Crippen LogP contribution in [0, 0.1) is 6.92 Å². The Labute approximate surface area is 118 Å². The standard InChI is InChI=1S/C14H13F3N2O2/c1-7-11(8-4-2-3-5-10(8)18-7)9-6-13(21,14(15,16)17)19-12(9)20/h2-5,9,18,21H,6H2,1H3,(H,19,20)/t9-,13-/m1/s1. The van der Waals surface area contributed by atoms with E-state index in [0.717, 1.165) is 5.52 Å². The van der Waals surface area contributed by atoms with E-state index in [9.17, 15) is 23.1 Å². The normalized spacial score (nSPS) is 26.3. The number of aliphatic hydroxyl groups is 1. The van der Waals surface area contributed by atoms with Crippen LogP contribution in [0.15, 0.2) is 24.3 Å². The van der Waals surface area contributed by atoms with Gasteiger partial charge in [-0.3, -0.25) is 4.79 Å². The third kappa shape index (κ3) is 1.99. The maximum absolute atomic E-state index is 12.9. The summed E-state index contributed by atoms with van der Waals surface area (Å²) in [5.74, 6) is -1.85. The maximum Gasteiger partial charge on any atom is 0.436 e. The van der Waals surface area contributed by atoms with Crippen LogP contribution in [-0.4, -0.2) is 27.9 Å². The first-order valence-electron chi connectivity index (χ1n) is 6.41. The van der Waals surface area contributed by atoms with Crippen LogP contribution in [0.4, 0.5) is 13.2 Å². The second kappa shape index (κ2) is 4.24. The van der Waals surface area contributed by atoms with Gasteiger partial charge < -0.3 is 15.4 Å². The minimum absolute atomic E-state index is 0.503. The van der Waals surface area contributed by atoms with E-state index < -0.39 is 30.1 Å². The van der Waals surface area contributed by atoms with Gasteiger partial charge in [-0.05, 0) is 18.6 Å². The van der Waals surface area contributed by atoms with E-state index in [0.29, 0.717) is 16.6 Å². The van der Waals surface area contributed by atoms with Crippen molar-refractivity contribution in [2.45, 2.75) is 31.2 Å². The zero-order valence-corrected chi connectivity index (χ0v) is 11.1. The Hall–Kier alpha value is -2.02. The zero-order chi connectivity index (χ0) is 15.4. The van der Waals surface area contributed by atoms with Crippen LogP contribution in [0.1, 0.15) is 23.6 Å². The molecule has 2 heterocycles. The van der Waals surface area contributed by atoms with Gasteiger partial charge in [-0.1, -0.05) is 18.2 Å². The molecule has 1 saturated heterocycles. The van der Waals surface area contributed by atoms with E-state index in [-0.39, 0.29) is 0 Å². The number of hydrogen-bond acceptors (Lipinski definition) is 2. The highest BCUT2D eigenvalue weighted by molar-refractivity contribution is 5.94. The van der Waals surface area contributed by atoms with Crippen LogP contribution >= 0.6 is 0 Å². The van der Waals surface area contributed by atoms with Gasteiger partial charge in [-0.25, -0.2) is 0 Å². The number of fused-ring (bicyclic) bond motifs is 1.